The number of nitrogen functional groups attached to an aromatic ring is 1. The third-order valence-corrected chi connectivity index (χ3v) is 3.04. The van der Waals surface area contributed by atoms with Crippen molar-refractivity contribution in [2.45, 2.75) is 0 Å². The van der Waals surface area contributed by atoms with Crippen molar-refractivity contribution >= 4 is 27.4 Å². The number of carbonyl (C=O) groups excluding carboxylic acids is 1. The fourth-order valence-corrected chi connectivity index (χ4v) is 1.84. The summed E-state index contributed by atoms with van der Waals surface area (Å²) >= 11 is 3.30. The van der Waals surface area contributed by atoms with E-state index in [1.165, 1.54) is 4.68 Å². The Morgan fingerprint density at radius 3 is 2.81 bits per heavy atom. The fourth-order valence-electron chi connectivity index (χ4n) is 1.47. The van der Waals surface area contributed by atoms with E-state index < -0.39 is 0 Å². The number of rotatable bonds is 2. The molecule has 0 aliphatic heterocycles. The minimum absolute atomic E-state index is 0.126. The van der Waals surface area contributed by atoms with Crippen molar-refractivity contribution in [2.24, 2.45) is 7.05 Å². The summed E-state index contributed by atoms with van der Waals surface area (Å²) < 4.78 is 2.25. The van der Waals surface area contributed by atoms with Crippen LogP contribution in [0.15, 0.2) is 34.9 Å². The summed E-state index contributed by atoms with van der Waals surface area (Å²) in [5.74, 6) is -0.126. The first-order chi connectivity index (χ1) is 7.61. The molecule has 1 aromatic heterocycles. The zero-order valence-corrected chi connectivity index (χ0v) is 10.2. The second-order valence-corrected chi connectivity index (χ2v) is 4.22. The number of para-hydroxylation sites is 1. The Morgan fingerprint density at radius 2 is 2.19 bits per heavy atom. The highest BCUT2D eigenvalue weighted by atomic mass is 79.9. The second-order valence-electron chi connectivity index (χ2n) is 3.37. The standard InChI is InChI=1S/C11H10BrN3O/c1-15-9(5-6-14-15)11(16)7-3-2-4-8(12)10(7)13/h2-6H,13H2,1H3. The lowest BCUT2D eigenvalue weighted by Crippen LogP contribution is -2.10. The lowest BCUT2D eigenvalue weighted by Gasteiger charge is -2.06. The maximum Gasteiger partial charge on any atom is 0.213 e. The molecule has 0 amide bonds. The number of nitrogens with two attached hydrogens (primary N) is 1. The molecule has 0 aliphatic carbocycles. The van der Waals surface area contributed by atoms with Gasteiger partial charge >= 0.3 is 0 Å². The molecule has 0 fully saturated rings. The highest BCUT2D eigenvalue weighted by Crippen LogP contribution is 2.24. The van der Waals surface area contributed by atoms with Gasteiger partial charge in [-0.2, -0.15) is 5.10 Å². The molecule has 16 heavy (non-hydrogen) atoms. The number of benzene rings is 1. The Labute approximate surface area is 101 Å². The molecule has 5 heteroatoms. The number of aryl methyl sites for hydroxylation is 1. The molecule has 0 spiro atoms. The van der Waals surface area contributed by atoms with Crippen LogP contribution in [0.2, 0.25) is 0 Å². The smallest absolute Gasteiger partial charge is 0.213 e. The van der Waals surface area contributed by atoms with Gasteiger partial charge in [0.25, 0.3) is 0 Å². The summed E-state index contributed by atoms with van der Waals surface area (Å²) in [6.07, 6.45) is 1.58. The summed E-state index contributed by atoms with van der Waals surface area (Å²) in [6.45, 7) is 0. The molecule has 2 rings (SSSR count). The van der Waals surface area contributed by atoms with E-state index in [0.717, 1.165) is 4.47 Å². The first kappa shape index (κ1) is 10.9. The summed E-state index contributed by atoms with van der Waals surface area (Å²) in [4.78, 5) is 12.1. The number of carbonyl (C=O) groups is 1. The summed E-state index contributed by atoms with van der Waals surface area (Å²) in [7, 11) is 1.72. The van der Waals surface area contributed by atoms with Gasteiger partial charge in [-0.25, -0.2) is 0 Å². The zero-order valence-electron chi connectivity index (χ0n) is 8.64. The van der Waals surface area contributed by atoms with E-state index in [1.807, 2.05) is 0 Å². The Kier molecular flexibility index (Phi) is 2.78. The van der Waals surface area contributed by atoms with Crippen LogP contribution >= 0.6 is 15.9 Å². The van der Waals surface area contributed by atoms with Gasteiger partial charge in [0.15, 0.2) is 0 Å². The number of anilines is 1. The van der Waals surface area contributed by atoms with E-state index in [9.17, 15) is 4.79 Å². The Morgan fingerprint density at radius 1 is 1.44 bits per heavy atom. The number of nitrogens with zero attached hydrogens (tertiary/aromatic N) is 2. The van der Waals surface area contributed by atoms with Crippen molar-refractivity contribution in [3.05, 3.63) is 46.2 Å². The van der Waals surface area contributed by atoms with Crippen LogP contribution in [0.25, 0.3) is 0 Å². The van der Waals surface area contributed by atoms with Crippen molar-refractivity contribution in [3.8, 4) is 0 Å². The zero-order chi connectivity index (χ0) is 11.7. The van der Waals surface area contributed by atoms with E-state index in [2.05, 4.69) is 21.0 Å². The lowest BCUT2D eigenvalue weighted by atomic mass is 10.1. The van der Waals surface area contributed by atoms with Gasteiger partial charge in [-0.1, -0.05) is 6.07 Å². The molecule has 2 N–H and O–H groups in total. The molecule has 0 radical (unpaired) electrons. The van der Waals surface area contributed by atoms with E-state index in [0.29, 0.717) is 16.9 Å². The third-order valence-electron chi connectivity index (χ3n) is 2.35. The number of aromatic nitrogens is 2. The van der Waals surface area contributed by atoms with Crippen LogP contribution in [0.5, 0.6) is 0 Å². The minimum Gasteiger partial charge on any atom is -0.397 e. The first-order valence-corrected chi connectivity index (χ1v) is 5.47. The van der Waals surface area contributed by atoms with Crippen molar-refractivity contribution in [3.63, 3.8) is 0 Å². The van der Waals surface area contributed by atoms with Gasteiger partial charge in [-0.15, -0.1) is 0 Å². The Bertz CT molecular complexity index is 548. The fraction of sp³-hybridized carbons (Fsp3) is 0.0909. The van der Waals surface area contributed by atoms with E-state index in [-0.39, 0.29) is 5.78 Å². The van der Waals surface area contributed by atoms with Crippen LogP contribution in [0.1, 0.15) is 16.1 Å². The van der Waals surface area contributed by atoms with Crippen molar-refractivity contribution in [1.82, 2.24) is 9.78 Å². The van der Waals surface area contributed by atoms with Gasteiger partial charge in [0.05, 0.1) is 5.69 Å². The van der Waals surface area contributed by atoms with Crippen LogP contribution in [0, 0.1) is 0 Å². The number of halogens is 1. The highest BCUT2D eigenvalue weighted by Gasteiger charge is 2.16. The molecule has 0 unspecified atom stereocenters. The van der Waals surface area contributed by atoms with Crippen LogP contribution in [-0.4, -0.2) is 15.6 Å². The van der Waals surface area contributed by atoms with Gasteiger partial charge < -0.3 is 5.73 Å². The average Bonchev–Trinajstić information content (AvgIpc) is 2.68. The van der Waals surface area contributed by atoms with E-state index in [4.69, 9.17) is 5.73 Å². The van der Waals surface area contributed by atoms with E-state index >= 15 is 0 Å². The summed E-state index contributed by atoms with van der Waals surface area (Å²) in [5.41, 5.74) is 7.30. The molecule has 82 valence electrons. The minimum atomic E-state index is -0.126. The summed E-state index contributed by atoms with van der Waals surface area (Å²) in [5, 5.41) is 3.96. The predicted molar refractivity (Wildman–Crippen MR) is 65.2 cm³/mol. The molecule has 4 nitrogen and oxygen atoms in total. The van der Waals surface area contributed by atoms with Crippen LogP contribution in [0.3, 0.4) is 0 Å². The topological polar surface area (TPSA) is 60.9 Å². The number of ketones is 1. The van der Waals surface area contributed by atoms with Crippen LogP contribution in [-0.2, 0) is 7.05 Å². The van der Waals surface area contributed by atoms with Gasteiger partial charge in [-0.3, -0.25) is 9.48 Å². The molecule has 1 heterocycles. The van der Waals surface area contributed by atoms with Gasteiger partial charge in [-0.05, 0) is 34.1 Å². The van der Waals surface area contributed by atoms with Gasteiger partial charge in [0, 0.05) is 23.3 Å². The van der Waals surface area contributed by atoms with Crippen molar-refractivity contribution in [1.29, 1.82) is 0 Å². The molecule has 0 saturated carbocycles. The third kappa shape index (κ3) is 1.74. The number of hydrogen-bond donors (Lipinski definition) is 1. The lowest BCUT2D eigenvalue weighted by molar-refractivity contribution is 0.103. The Hall–Kier alpha value is -1.62. The van der Waals surface area contributed by atoms with Crippen LogP contribution < -0.4 is 5.73 Å². The maximum absolute atomic E-state index is 12.1. The average molecular weight is 280 g/mol. The molecule has 0 bridgehead atoms. The monoisotopic (exact) mass is 279 g/mol. The molecular formula is C11H10BrN3O. The first-order valence-electron chi connectivity index (χ1n) is 4.68. The highest BCUT2D eigenvalue weighted by molar-refractivity contribution is 9.10. The Balaban J connectivity index is 2.50. The predicted octanol–water partition coefficient (Wildman–Crippen LogP) is 2.00. The molecular weight excluding hydrogens is 270 g/mol. The molecule has 1 aromatic carbocycles. The van der Waals surface area contributed by atoms with Gasteiger partial charge in [0.1, 0.15) is 5.69 Å². The summed E-state index contributed by atoms with van der Waals surface area (Å²) in [6, 6.07) is 6.96. The van der Waals surface area contributed by atoms with Crippen molar-refractivity contribution < 1.29 is 4.79 Å². The number of hydrogen-bond acceptors (Lipinski definition) is 3. The van der Waals surface area contributed by atoms with Crippen LogP contribution in [0.4, 0.5) is 5.69 Å². The SMILES string of the molecule is Cn1nccc1C(=O)c1cccc(Br)c1N. The largest absolute Gasteiger partial charge is 0.397 e. The molecule has 0 atom stereocenters. The normalized spacial score (nSPS) is 10.4. The quantitative estimate of drug-likeness (QED) is 0.676. The van der Waals surface area contributed by atoms with E-state index in [1.54, 1.807) is 37.5 Å². The molecule has 0 saturated heterocycles. The second kappa shape index (κ2) is 4.09. The maximum atomic E-state index is 12.1. The molecule has 0 aliphatic rings. The van der Waals surface area contributed by atoms with Gasteiger partial charge in [0.2, 0.25) is 5.78 Å². The molecule has 2 aromatic rings. The van der Waals surface area contributed by atoms with Crippen molar-refractivity contribution in [2.75, 3.05) is 5.73 Å².